The quantitative estimate of drug-likeness (QED) is 0.327. The van der Waals surface area contributed by atoms with Crippen molar-refractivity contribution in [2.24, 2.45) is 0 Å². The summed E-state index contributed by atoms with van der Waals surface area (Å²) in [6.07, 6.45) is 3.20. The van der Waals surface area contributed by atoms with Gasteiger partial charge in [-0.3, -0.25) is 4.79 Å². The molecule has 0 amide bonds. The third-order valence-corrected chi connectivity index (χ3v) is 7.23. The number of aromatic nitrogens is 2. The maximum atomic E-state index is 13.2. The Morgan fingerprint density at radius 1 is 0.821 bits per heavy atom. The molecule has 1 saturated heterocycles. The van der Waals surface area contributed by atoms with E-state index in [1.54, 1.807) is 16.8 Å². The second-order valence-corrected chi connectivity index (χ2v) is 9.55. The number of nitrogens with zero attached hydrogens (tertiary/aromatic N) is 4. The van der Waals surface area contributed by atoms with Crippen molar-refractivity contribution in [3.63, 3.8) is 0 Å². The topological polar surface area (TPSA) is 105 Å². The van der Waals surface area contributed by atoms with E-state index < -0.39 is 11.4 Å². The summed E-state index contributed by atoms with van der Waals surface area (Å²) in [6, 6.07) is 27.3. The van der Waals surface area contributed by atoms with Gasteiger partial charge in [0, 0.05) is 49.6 Å². The Morgan fingerprint density at radius 2 is 1.49 bits per heavy atom. The normalized spacial score (nSPS) is 13.5. The van der Waals surface area contributed by atoms with E-state index in [0.717, 1.165) is 54.5 Å². The molecule has 5 aromatic rings. The molecule has 0 unspecified atom stereocenters. The van der Waals surface area contributed by atoms with E-state index in [4.69, 9.17) is 5.73 Å². The standard InChI is InChI=1S/C31H27N5O3/c32-26-18-24-27(19-28(26)34-14-16-35(17-15-34)29-8-4-5-13-33-29)36(20-25(30(24)37)31(38)39)23-11-9-22(10-12-23)21-6-2-1-3-7-21/h1-13,18-20H,14-17,32H2,(H,38,39). The molecular formula is C31H27N5O3. The molecule has 0 bridgehead atoms. The lowest BCUT2D eigenvalue weighted by Crippen LogP contribution is -2.47. The zero-order chi connectivity index (χ0) is 26.9. The minimum absolute atomic E-state index is 0.274. The maximum absolute atomic E-state index is 13.2. The van der Waals surface area contributed by atoms with Crippen LogP contribution < -0.4 is 21.0 Å². The van der Waals surface area contributed by atoms with E-state index in [2.05, 4.69) is 14.8 Å². The highest BCUT2D eigenvalue weighted by molar-refractivity contribution is 5.96. The predicted molar refractivity (Wildman–Crippen MR) is 155 cm³/mol. The number of benzene rings is 3. The van der Waals surface area contributed by atoms with Crippen molar-refractivity contribution >= 4 is 34.1 Å². The van der Waals surface area contributed by atoms with Crippen molar-refractivity contribution in [1.82, 2.24) is 9.55 Å². The number of carbonyl (C=O) groups is 1. The van der Waals surface area contributed by atoms with Gasteiger partial charge < -0.3 is 25.2 Å². The van der Waals surface area contributed by atoms with Gasteiger partial charge in [-0.15, -0.1) is 0 Å². The largest absolute Gasteiger partial charge is 0.477 e. The fourth-order valence-electron chi connectivity index (χ4n) is 5.18. The summed E-state index contributed by atoms with van der Waals surface area (Å²) in [6.45, 7) is 3.02. The summed E-state index contributed by atoms with van der Waals surface area (Å²) in [5.74, 6) is -0.331. The summed E-state index contributed by atoms with van der Waals surface area (Å²) in [7, 11) is 0. The van der Waals surface area contributed by atoms with Gasteiger partial charge in [0.05, 0.1) is 16.9 Å². The van der Waals surface area contributed by atoms with Crippen LogP contribution in [0, 0.1) is 0 Å². The van der Waals surface area contributed by atoms with Crippen LogP contribution in [0.5, 0.6) is 0 Å². The van der Waals surface area contributed by atoms with Crippen molar-refractivity contribution in [1.29, 1.82) is 0 Å². The highest BCUT2D eigenvalue weighted by Crippen LogP contribution is 2.31. The molecule has 1 aliphatic heterocycles. The summed E-state index contributed by atoms with van der Waals surface area (Å²) in [5.41, 5.74) is 10.4. The number of pyridine rings is 2. The molecule has 6 rings (SSSR count). The molecule has 1 fully saturated rings. The molecule has 194 valence electrons. The second-order valence-electron chi connectivity index (χ2n) is 9.55. The van der Waals surface area contributed by atoms with Crippen LogP contribution >= 0.6 is 0 Å². The first-order chi connectivity index (χ1) is 19.0. The molecule has 8 nitrogen and oxygen atoms in total. The highest BCUT2D eigenvalue weighted by Gasteiger charge is 2.22. The van der Waals surface area contributed by atoms with Crippen molar-refractivity contribution in [3.05, 3.63) is 113 Å². The molecule has 39 heavy (non-hydrogen) atoms. The molecule has 0 aliphatic carbocycles. The van der Waals surface area contributed by atoms with Gasteiger partial charge in [0.1, 0.15) is 11.4 Å². The van der Waals surface area contributed by atoms with Gasteiger partial charge in [0.15, 0.2) is 0 Å². The molecule has 8 heteroatoms. The number of carboxylic acids is 1. The number of rotatable bonds is 5. The van der Waals surface area contributed by atoms with E-state index in [9.17, 15) is 14.7 Å². The van der Waals surface area contributed by atoms with Crippen molar-refractivity contribution < 1.29 is 9.90 Å². The molecule has 0 saturated carbocycles. The van der Waals surface area contributed by atoms with Crippen LogP contribution in [0.25, 0.3) is 27.7 Å². The Morgan fingerprint density at radius 3 is 2.15 bits per heavy atom. The molecule has 0 spiro atoms. The Hall–Kier alpha value is -5.11. The molecule has 3 aromatic carbocycles. The maximum Gasteiger partial charge on any atom is 0.341 e. The third-order valence-electron chi connectivity index (χ3n) is 7.23. The van der Waals surface area contributed by atoms with Gasteiger partial charge in [0.2, 0.25) is 5.43 Å². The monoisotopic (exact) mass is 517 g/mol. The molecule has 1 aliphatic rings. The Balaban J connectivity index is 1.41. The van der Waals surface area contributed by atoms with Crippen LogP contribution in [0.4, 0.5) is 17.2 Å². The van der Waals surface area contributed by atoms with Gasteiger partial charge in [-0.25, -0.2) is 9.78 Å². The minimum atomic E-state index is -1.27. The Bertz CT molecular complexity index is 1710. The summed E-state index contributed by atoms with van der Waals surface area (Å²) >= 11 is 0. The van der Waals surface area contributed by atoms with Crippen LogP contribution in [0.1, 0.15) is 10.4 Å². The van der Waals surface area contributed by atoms with Crippen LogP contribution in [0.3, 0.4) is 0 Å². The highest BCUT2D eigenvalue weighted by atomic mass is 16.4. The smallest absolute Gasteiger partial charge is 0.341 e. The SMILES string of the molecule is Nc1cc2c(=O)c(C(=O)O)cn(-c3ccc(-c4ccccc4)cc3)c2cc1N1CCN(c2ccccn2)CC1. The van der Waals surface area contributed by atoms with Crippen LogP contribution in [0.2, 0.25) is 0 Å². The first-order valence-electron chi connectivity index (χ1n) is 12.8. The number of hydrogen-bond donors (Lipinski definition) is 2. The first kappa shape index (κ1) is 24.2. The fraction of sp³-hybridized carbons (Fsp3) is 0.129. The Labute approximate surface area is 225 Å². The van der Waals surface area contributed by atoms with E-state index in [0.29, 0.717) is 11.2 Å². The molecule has 3 heterocycles. The number of piperazine rings is 1. The predicted octanol–water partition coefficient (Wildman–Crippen LogP) is 4.66. The van der Waals surface area contributed by atoms with Crippen LogP contribution in [0.15, 0.2) is 102 Å². The van der Waals surface area contributed by atoms with Gasteiger partial charge in [0.25, 0.3) is 0 Å². The van der Waals surface area contributed by atoms with E-state index in [-0.39, 0.29) is 10.9 Å². The molecular weight excluding hydrogens is 490 g/mol. The number of fused-ring (bicyclic) bond motifs is 1. The number of nitrogens with two attached hydrogens (primary N) is 1. The van der Waals surface area contributed by atoms with E-state index >= 15 is 0 Å². The van der Waals surface area contributed by atoms with Crippen molar-refractivity contribution in [2.75, 3.05) is 41.7 Å². The van der Waals surface area contributed by atoms with Crippen molar-refractivity contribution in [3.8, 4) is 16.8 Å². The van der Waals surface area contributed by atoms with Crippen molar-refractivity contribution in [2.45, 2.75) is 0 Å². The van der Waals surface area contributed by atoms with Crippen LogP contribution in [-0.2, 0) is 0 Å². The number of nitrogen functional groups attached to an aromatic ring is 1. The first-order valence-corrected chi connectivity index (χ1v) is 12.8. The molecule has 0 radical (unpaired) electrons. The summed E-state index contributed by atoms with van der Waals surface area (Å²) < 4.78 is 1.77. The lowest BCUT2D eigenvalue weighted by Gasteiger charge is -2.37. The number of anilines is 3. The van der Waals surface area contributed by atoms with Gasteiger partial charge in [-0.05, 0) is 47.5 Å². The van der Waals surface area contributed by atoms with E-state index in [1.165, 1.54) is 6.20 Å². The number of carboxylic acid groups (broad SMARTS) is 1. The zero-order valence-corrected chi connectivity index (χ0v) is 21.2. The van der Waals surface area contributed by atoms with Crippen LogP contribution in [-0.4, -0.2) is 46.8 Å². The lowest BCUT2D eigenvalue weighted by molar-refractivity contribution is 0.0695. The second kappa shape index (κ2) is 9.98. The lowest BCUT2D eigenvalue weighted by atomic mass is 10.0. The van der Waals surface area contributed by atoms with Gasteiger partial charge in [-0.2, -0.15) is 0 Å². The van der Waals surface area contributed by atoms with E-state index in [1.807, 2.05) is 78.9 Å². The fourth-order valence-corrected chi connectivity index (χ4v) is 5.18. The molecule has 3 N–H and O–H groups in total. The number of hydrogen-bond acceptors (Lipinski definition) is 6. The summed E-state index contributed by atoms with van der Waals surface area (Å²) in [5, 5.41) is 10.0. The third kappa shape index (κ3) is 4.57. The van der Waals surface area contributed by atoms with Gasteiger partial charge >= 0.3 is 5.97 Å². The Kier molecular flexibility index (Phi) is 6.20. The van der Waals surface area contributed by atoms with Gasteiger partial charge in [-0.1, -0.05) is 48.5 Å². The molecule has 2 aromatic heterocycles. The zero-order valence-electron chi connectivity index (χ0n) is 21.2. The summed E-state index contributed by atoms with van der Waals surface area (Å²) in [4.78, 5) is 34.0. The average molecular weight is 518 g/mol. The average Bonchev–Trinajstić information content (AvgIpc) is 2.98. The minimum Gasteiger partial charge on any atom is -0.477 e. The molecule has 0 atom stereocenters. The number of aromatic carboxylic acids is 1.